The highest BCUT2D eigenvalue weighted by atomic mass is 35.5. The number of ether oxygens (including phenoxy) is 1. The molecule has 0 aliphatic rings. The first-order chi connectivity index (χ1) is 13.1. The quantitative estimate of drug-likeness (QED) is 0.747. The molecule has 0 bridgehead atoms. The van der Waals surface area contributed by atoms with E-state index >= 15 is 0 Å². The molecule has 1 heterocycles. The second-order valence-corrected chi connectivity index (χ2v) is 6.06. The zero-order valence-corrected chi connectivity index (χ0v) is 15.5. The number of amides is 2. The van der Waals surface area contributed by atoms with E-state index in [0.717, 1.165) is 18.2 Å². The lowest BCUT2D eigenvalue weighted by atomic mass is 10.2. The van der Waals surface area contributed by atoms with Gasteiger partial charge in [0.15, 0.2) is 0 Å². The molecule has 2 aromatic rings. The van der Waals surface area contributed by atoms with Crippen LogP contribution in [0.15, 0.2) is 36.5 Å². The van der Waals surface area contributed by atoms with Crippen LogP contribution in [0.2, 0.25) is 5.02 Å². The van der Waals surface area contributed by atoms with Crippen molar-refractivity contribution in [3.8, 4) is 5.75 Å². The average molecular weight is 416 g/mol. The Morgan fingerprint density at radius 1 is 1.25 bits per heavy atom. The summed E-state index contributed by atoms with van der Waals surface area (Å²) in [5.41, 5.74) is 4.53. The predicted molar refractivity (Wildman–Crippen MR) is 97.3 cm³/mol. The first kappa shape index (κ1) is 21.5. The van der Waals surface area contributed by atoms with E-state index in [0.29, 0.717) is 0 Å². The van der Waals surface area contributed by atoms with Gasteiger partial charge in [0.1, 0.15) is 18.2 Å². The van der Waals surface area contributed by atoms with Crippen LogP contribution in [0.5, 0.6) is 5.75 Å². The minimum atomic E-state index is -4.51. The molecule has 150 valence electrons. The molecule has 6 nitrogen and oxygen atoms in total. The number of carbonyl (C=O) groups excluding carboxylic acids is 2. The summed E-state index contributed by atoms with van der Waals surface area (Å²) in [5.74, 6) is -0.681. The molecule has 0 aliphatic carbocycles. The number of hydrogen-bond acceptors (Lipinski definition) is 4. The molecule has 0 radical (unpaired) electrons. The van der Waals surface area contributed by atoms with E-state index in [1.54, 1.807) is 6.92 Å². The van der Waals surface area contributed by atoms with Gasteiger partial charge in [0, 0.05) is 18.2 Å². The van der Waals surface area contributed by atoms with Crippen molar-refractivity contribution in [2.45, 2.75) is 19.5 Å². The first-order valence-corrected chi connectivity index (χ1v) is 8.57. The lowest BCUT2D eigenvalue weighted by Gasteiger charge is -2.22. The fraction of sp³-hybridized carbons (Fsp3) is 0.278. The molecule has 28 heavy (non-hydrogen) atoms. The second-order valence-electron chi connectivity index (χ2n) is 5.66. The molecule has 1 aromatic heterocycles. The Kier molecular flexibility index (Phi) is 6.85. The molecular weight excluding hydrogens is 399 g/mol. The summed E-state index contributed by atoms with van der Waals surface area (Å²) in [4.78, 5) is 28.9. The zero-order chi connectivity index (χ0) is 20.9. The van der Waals surface area contributed by atoms with Crippen molar-refractivity contribution in [1.82, 2.24) is 4.98 Å². The Morgan fingerprint density at radius 3 is 2.54 bits per heavy atom. The lowest BCUT2D eigenvalue weighted by molar-refractivity contribution is -0.137. The molecule has 0 saturated heterocycles. The first-order valence-electron chi connectivity index (χ1n) is 8.19. The van der Waals surface area contributed by atoms with Gasteiger partial charge in [0.05, 0.1) is 17.1 Å². The van der Waals surface area contributed by atoms with Crippen molar-refractivity contribution < 1.29 is 27.5 Å². The number of aromatic nitrogens is 1. The number of carbonyl (C=O) groups is 2. The summed E-state index contributed by atoms with van der Waals surface area (Å²) in [5, 5.41) is -0.197. The van der Waals surface area contributed by atoms with Gasteiger partial charge in [0.2, 0.25) is 11.8 Å². The van der Waals surface area contributed by atoms with E-state index in [1.807, 2.05) is 0 Å². The smallest absolute Gasteiger partial charge is 0.416 e. The van der Waals surface area contributed by atoms with E-state index in [-0.39, 0.29) is 47.6 Å². The third kappa shape index (κ3) is 5.35. The van der Waals surface area contributed by atoms with E-state index in [1.165, 1.54) is 23.2 Å². The maximum atomic E-state index is 12.7. The highest BCUT2D eigenvalue weighted by Gasteiger charge is 2.31. The monoisotopic (exact) mass is 415 g/mol. The van der Waals surface area contributed by atoms with Gasteiger partial charge >= 0.3 is 6.18 Å². The van der Waals surface area contributed by atoms with Gasteiger partial charge < -0.3 is 10.5 Å². The van der Waals surface area contributed by atoms with Gasteiger partial charge in [-0.3, -0.25) is 14.5 Å². The number of anilines is 1. The summed E-state index contributed by atoms with van der Waals surface area (Å²) >= 11 is 5.84. The number of nitrogens with two attached hydrogens (primary N) is 1. The highest BCUT2D eigenvalue weighted by molar-refractivity contribution is 6.32. The molecule has 0 unspecified atom stereocenters. The van der Waals surface area contributed by atoms with Crippen LogP contribution >= 0.6 is 11.6 Å². The molecular formula is C18H17ClF3N3O3. The van der Waals surface area contributed by atoms with Crippen LogP contribution in [-0.4, -0.2) is 29.9 Å². The number of alkyl halides is 3. The third-order valence-electron chi connectivity index (χ3n) is 3.74. The van der Waals surface area contributed by atoms with Crippen LogP contribution in [0.25, 0.3) is 0 Å². The Morgan fingerprint density at radius 2 is 1.96 bits per heavy atom. The summed E-state index contributed by atoms with van der Waals surface area (Å²) in [6.07, 6.45) is -2.99. The summed E-state index contributed by atoms with van der Waals surface area (Å²) < 4.78 is 43.5. The standard InChI is InChI=1S/C18H17ClF3N3O3/c1-2-16(26)25(15-9-11(17(23)27)5-6-24-15)7-8-28-14-4-3-12(10-13(14)19)18(20,21)22/h3-6,9-10H,2,7-8H2,1H3,(H2,23,27). The van der Waals surface area contributed by atoms with Crippen molar-refractivity contribution in [2.24, 2.45) is 5.73 Å². The van der Waals surface area contributed by atoms with Crippen LogP contribution in [0, 0.1) is 0 Å². The Balaban J connectivity index is 2.12. The zero-order valence-electron chi connectivity index (χ0n) is 14.8. The fourth-order valence-corrected chi connectivity index (χ4v) is 2.55. The molecule has 0 fully saturated rings. The molecule has 2 rings (SSSR count). The van der Waals surface area contributed by atoms with Gasteiger partial charge in [-0.25, -0.2) is 4.98 Å². The van der Waals surface area contributed by atoms with E-state index in [4.69, 9.17) is 22.1 Å². The molecule has 2 amide bonds. The summed E-state index contributed by atoms with van der Waals surface area (Å²) in [6.45, 7) is 1.64. The minimum absolute atomic E-state index is 0.0409. The third-order valence-corrected chi connectivity index (χ3v) is 4.04. The topological polar surface area (TPSA) is 85.5 Å². The maximum absolute atomic E-state index is 12.7. The fourth-order valence-electron chi connectivity index (χ4n) is 2.32. The SMILES string of the molecule is CCC(=O)N(CCOc1ccc(C(F)(F)F)cc1Cl)c1cc(C(N)=O)ccn1. The molecule has 10 heteroatoms. The number of halogens is 4. The minimum Gasteiger partial charge on any atom is -0.490 e. The molecule has 0 spiro atoms. The van der Waals surface area contributed by atoms with Crippen LogP contribution in [0.3, 0.4) is 0 Å². The number of benzene rings is 1. The largest absolute Gasteiger partial charge is 0.490 e. The van der Waals surface area contributed by atoms with E-state index in [9.17, 15) is 22.8 Å². The second kappa shape index (κ2) is 8.92. The number of hydrogen-bond donors (Lipinski definition) is 1. The highest BCUT2D eigenvalue weighted by Crippen LogP contribution is 2.34. The molecule has 0 saturated carbocycles. The van der Waals surface area contributed by atoms with Gasteiger partial charge in [-0.05, 0) is 30.3 Å². The van der Waals surface area contributed by atoms with E-state index in [2.05, 4.69) is 4.98 Å². The van der Waals surface area contributed by atoms with Crippen molar-refractivity contribution in [3.05, 3.63) is 52.7 Å². The number of primary amides is 1. The normalized spacial score (nSPS) is 11.2. The Labute approximate surface area is 164 Å². The Bertz CT molecular complexity index is 875. The van der Waals surface area contributed by atoms with Gasteiger partial charge in [0.25, 0.3) is 0 Å². The van der Waals surface area contributed by atoms with Crippen molar-refractivity contribution in [3.63, 3.8) is 0 Å². The molecule has 2 N–H and O–H groups in total. The number of pyridine rings is 1. The maximum Gasteiger partial charge on any atom is 0.416 e. The van der Waals surface area contributed by atoms with Crippen LogP contribution < -0.4 is 15.4 Å². The summed E-state index contributed by atoms with van der Waals surface area (Å²) in [6, 6.07) is 5.53. The van der Waals surface area contributed by atoms with Crippen molar-refractivity contribution in [1.29, 1.82) is 0 Å². The van der Waals surface area contributed by atoms with Crippen LogP contribution in [-0.2, 0) is 11.0 Å². The lowest BCUT2D eigenvalue weighted by Crippen LogP contribution is -2.35. The molecule has 0 aliphatic heterocycles. The van der Waals surface area contributed by atoms with Gasteiger partial charge in [-0.1, -0.05) is 18.5 Å². The van der Waals surface area contributed by atoms with Crippen LogP contribution in [0.1, 0.15) is 29.3 Å². The summed E-state index contributed by atoms with van der Waals surface area (Å²) in [7, 11) is 0. The van der Waals surface area contributed by atoms with Crippen LogP contribution in [0.4, 0.5) is 19.0 Å². The molecule has 1 aromatic carbocycles. The predicted octanol–water partition coefficient (Wildman–Crippen LogP) is 3.67. The van der Waals surface area contributed by atoms with Gasteiger partial charge in [-0.15, -0.1) is 0 Å². The van der Waals surface area contributed by atoms with Crippen molar-refractivity contribution in [2.75, 3.05) is 18.1 Å². The van der Waals surface area contributed by atoms with Gasteiger partial charge in [-0.2, -0.15) is 13.2 Å². The number of nitrogens with zero attached hydrogens (tertiary/aromatic N) is 2. The molecule has 0 atom stereocenters. The van der Waals surface area contributed by atoms with E-state index < -0.39 is 17.6 Å². The average Bonchev–Trinajstić information content (AvgIpc) is 2.65. The number of rotatable bonds is 7. The Hall–Kier alpha value is -2.81. The van der Waals surface area contributed by atoms with Crippen molar-refractivity contribution >= 4 is 29.2 Å².